The number of fused-ring (bicyclic) bond motifs is 1. The summed E-state index contributed by atoms with van der Waals surface area (Å²) >= 11 is 0. The summed E-state index contributed by atoms with van der Waals surface area (Å²) < 4.78 is 24.3. The van der Waals surface area contributed by atoms with E-state index in [2.05, 4.69) is 5.32 Å². The highest BCUT2D eigenvalue weighted by Crippen LogP contribution is 2.31. The summed E-state index contributed by atoms with van der Waals surface area (Å²) in [6.45, 7) is 2.96. The van der Waals surface area contributed by atoms with Crippen molar-refractivity contribution in [1.29, 1.82) is 0 Å². The van der Waals surface area contributed by atoms with Crippen LogP contribution in [0.2, 0.25) is 0 Å². The van der Waals surface area contributed by atoms with E-state index in [1.54, 1.807) is 6.92 Å². The zero-order valence-corrected chi connectivity index (χ0v) is 14.0. The second kappa shape index (κ2) is 6.87. The maximum atomic E-state index is 13.7. The molecule has 1 unspecified atom stereocenters. The number of hydrogen-bond donors (Lipinski definition) is 2. The third kappa shape index (κ3) is 3.68. The standard InChI is InChI=1S/C17H21FN2O5/c1-17(15(21)22)3-5-20(9-17)16(23)19-4-2-11-6-13(18)7-12-8-24-10-25-14(11)12/h6-7H,2-5,8-10H2,1H3,(H,19,23)(H,21,22). The van der Waals surface area contributed by atoms with E-state index in [0.29, 0.717) is 49.4 Å². The van der Waals surface area contributed by atoms with E-state index in [4.69, 9.17) is 9.47 Å². The Balaban J connectivity index is 1.56. The third-order valence-electron chi connectivity index (χ3n) is 4.70. The number of likely N-dealkylation sites (tertiary alicyclic amines) is 1. The molecule has 8 heteroatoms. The molecule has 2 aliphatic rings. The first-order chi connectivity index (χ1) is 11.9. The van der Waals surface area contributed by atoms with Gasteiger partial charge in [-0.1, -0.05) is 0 Å². The van der Waals surface area contributed by atoms with Gasteiger partial charge in [-0.3, -0.25) is 4.79 Å². The Morgan fingerprint density at radius 1 is 1.44 bits per heavy atom. The first-order valence-electron chi connectivity index (χ1n) is 8.17. The number of carboxylic acids is 1. The molecule has 0 aromatic heterocycles. The van der Waals surface area contributed by atoms with Crippen molar-refractivity contribution in [3.8, 4) is 5.75 Å². The van der Waals surface area contributed by atoms with E-state index in [0.717, 1.165) is 0 Å². The van der Waals surface area contributed by atoms with Gasteiger partial charge in [0.05, 0.1) is 12.0 Å². The normalized spacial score (nSPS) is 22.2. The smallest absolute Gasteiger partial charge is 0.317 e. The van der Waals surface area contributed by atoms with Crippen LogP contribution >= 0.6 is 0 Å². The molecule has 3 rings (SSSR count). The topological polar surface area (TPSA) is 88.1 Å². The number of halogens is 1. The fraction of sp³-hybridized carbons (Fsp3) is 0.529. The number of rotatable bonds is 4. The van der Waals surface area contributed by atoms with Crippen molar-refractivity contribution in [3.63, 3.8) is 0 Å². The molecule has 0 bridgehead atoms. The molecule has 0 saturated carbocycles. The summed E-state index contributed by atoms with van der Waals surface area (Å²) in [4.78, 5) is 24.9. The Labute approximate surface area is 144 Å². The Kier molecular flexibility index (Phi) is 4.80. The van der Waals surface area contributed by atoms with Gasteiger partial charge < -0.3 is 24.8 Å². The number of benzene rings is 1. The Bertz CT molecular complexity index is 696. The number of nitrogens with zero attached hydrogens (tertiary/aromatic N) is 1. The van der Waals surface area contributed by atoms with Gasteiger partial charge in [-0.15, -0.1) is 0 Å². The van der Waals surface area contributed by atoms with Crippen LogP contribution < -0.4 is 10.1 Å². The molecule has 1 atom stereocenters. The number of amides is 2. The molecule has 1 saturated heterocycles. The second-order valence-electron chi connectivity index (χ2n) is 6.68. The maximum Gasteiger partial charge on any atom is 0.317 e. The maximum absolute atomic E-state index is 13.7. The molecule has 2 amide bonds. The number of carboxylic acid groups (broad SMARTS) is 1. The molecule has 25 heavy (non-hydrogen) atoms. The van der Waals surface area contributed by atoms with Gasteiger partial charge in [0.2, 0.25) is 0 Å². The van der Waals surface area contributed by atoms with Crippen LogP contribution in [0.3, 0.4) is 0 Å². The minimum absolute atomic E-state index is 0.125. The van der Waals surface area contributed by atoms with E-state index in [1.165, 1.54) is 17.0 Å². The van der Waals surface area contributed by atoms with E-state index in [-0.39, 0.29) is 25.2 Å². The predicted molar refractivity (Wildman–Crippen MR) is 85.7 cm³/mol. The molecule has 2 aliphatic heterocycles. The molecule has 7 nitrogen and oxygen atoms in total. The van der Waals surface area contributed by atoms with Crippen molar-refractivity contribution in [2.45, 2.75) is 26.4 Å². The number of aliphatic carboxylic acids is 1. The summed E-state index contributed by atoms with van der Waals surface area (Å²) in [5.74, 6) is -0.652. The van der Waals surface area contributed by atoms with Crippen molar-refractivity contribution >= 4 is 12.0 Å². The van der Waals surface area contributed by atoms with Crippen LogP contribution in [0.25, 0.3) is 0 Å². The lowest BCUT2D eigenvalue weighted by atomic mass is 9.90. The summed E-state index contributed by atoms with van der Waals surface area (Å²) in [6.07, 6.45) is 0.844. The largest absolute Gasteiger partial charge is 0.481 e. The summed E-state index contributed by atoms with van der Waals surface area (Å²) in [5.41, 5.74) is 0.437. The molecular formula is C17H21FN2O5. The molecule has 1 aromatic rings. The van der Waals surface area contributed by atoms with Crippen LogP contribution in [0.15, 0.2) is 12.1 Å². The van der Waals surface area contributed by atoms with E-state index >= 15 is 0 Å². The van der Waals surface area contributed by atoms with Gasteiger partial charge in [0.1, 0.15) is 11.6 Å². The summed E-state index contributed by atoms with van der Waals surface area (Å²) in [7, 11) is 0. The van der Waals surface area contributed by atoms with Gasteiger partial charge >= 0.3 is 12.0 Å². The molecule has 0 spiro atoms. The van der Waals surface area contributed by atoms with Gasteiger partial charge in [-0.2, -0.15) is 0 Å². The van der Waals surface area contributed by atoms with Crippen molar-refractivity contribution in [2.75, 3.05) is 26.4 Å². The van der Waals surface area contributed by atoms with E-state index in [9.17, 15) is 19.1 Å². The first kappa shape index (κ1) is 17.5. The molecule has 1 aromatic carbocycles. The number of urea groups is 1. The molecule has 1 fully saturated rings. The zero-order valence-electron chi connectivity index (χ0n) is 14.0. The highest BCUT2D eigenvalue weighted by Gasteiger charge is 2.42. The van der Waals surface area contributed by atoms with Crippen LogP contribution in [-0.4, -0.2) is 48.4 Å². The monoisotopic (exact) mass is 352 g/mol. The van der Waals surface area contributed by atoms with Crippen molar-refractivity contribution in [2.24, 2.45) is 5.41 Å². The minimum Gasteiger partial charge on any atom is -0.481 e. The van der Waals surface area contributed by atoms with Gasteiger partial charge in [0, 0.05) is 25.2 Å². The summed E-state index contributed by atoms with van der Waals surface area (Å²) in [5, 5.41) is 12.0. The van der Waals surface area contributed by atoms with Gasteiger partial charge in [0.25, 0.3) is 0 Å². The van der Waals surface area contributed by atoms with Crippen molar-refractivity contribution < 1.29 is 28.6 Å². The SMILES string of the molecule is CC1(C(=O)O)CCN(C(=O)NCCc2cc(F)cc3c2OCOC3)C1. The van der Waals surface area contributed by atoms with Gasteiger partial charge in [0.15, 0.2) is 6.79 Å². The van der Waals surface area contributed by atoms with Crippen LogP contribution in [0.4, 0.5) is 9.18 Å². The minimum atomic E-state index is -0.896. The molecule has 2 heterocycles. The van der Waals surface area contributed by atoms with E-state index in [1.807, 2.05) is 0 Å². The fourth-order valence-electron chi connectivity index (χ4n) is 3.17. The van der Waals surface area contributed by atoms with Crippen LogP contribution in [0, 0.1) is 11.2 Å². The number of carbonyl (C=O) groups excluding carboxylic acids is 1. The molecular weight excluding hydrogens is 331 g/mol. The molecule has 0 aliphatic carbocycles. The van der Waals surface area contributed by atoms with Gasteiger partial charge in [-0.25, -0.2) is 9.18 Å². The lowest BCUT2D eigenvalue weighted by molar-refractivity contribution is -0.147. The van der Waals surface area contributed by atoms with Crippen LogP contribution in [-0.2, 0) is 22.6 Å². The molecule has 136 valence electrons. The molecule has 2 N–H and O–H groups in total. The van der Waals surface area contributed by atoms with Crippen molar-refractivity contribution in [3.05, 3.63) is 29.1 Å². The van der Waals surface area contributed by atoms with Crippen LogP contribution in [0.5, 0.6) is 5.75 Å². The van der Waals surface area contributed by atoms with Crippen molar-refractivity contribution in [1.82, 2.24) is 10.2 Å². The summed E-state index contributed by atoms with van der Waals surface area (Å²) in [6, 6.07) is 2.47. The van der Waals surface area contributed by atoms with Gasteiger partial charge in [-0.05, 0) is 37.5 Å². The molecule has 0 radical (unpaired) electrons. The third-order valence-corrected chi connectivity index (χ3v) is 4.70. The first-order valence-corrected chi connectivity index (χ1v) is 8.17. The quantitative estimate of drug-likeness (QED) is 0.862. The van der Waals surface area contributed by atoms with Crippen LogP contribution in [0.1, 0.15) is 24.5 Å². The number of hydrogen-bond acceptors (Lipinski definition) is 4. The number of nitrogens with one attached hydrogen (secondary N) is 1. The number of carbonyl (C=O) groups is 2. The highest BCUT2D eigenvalue weighted by atomic mass is 19.1. The Morgan fingerprint density at radius 2 is 2.24 bits per heavy atom. The average Bonchev–Trinajstić information content (AvgIpc) is 2.98. The Hall–Kier alpha value is -2.35. The zero-order chi connectivity index (χ0) is 18.0. The average molecular weight is 352 g/mol. The lowest BCUT2D eigenvalue weighted by Crippen LogP contribution is -2.41. The number of ether oxygens (including phenoxy) is 2. The predicted octanol–water partition coefficient (Wildman–Crippen LogP) is 1.74. The van der Waals surface area contributed by atoms with E-state index < -0.39 is 11.4 Å². The fourth-order valence-corrected chi connectivity index (χ4v) is 3.17. The lowest BCUT2D eigenvalue weighted by Gasteiger charge is -2.22. The highest BCUT2D eigenvalue weighted by molar-refractivity contribution is 5.79. The Morgan fingerprint density at radius 3 is 2.96 bits per heavy atom. The second-order valence-corrected chi connectivity index (χ2v) is 6.68.